The number of para-hydroxylation sites is 1. The maximum Gasteiger partial charge on any atom is 0.270 e. The highest BCUT2D eigenvalue weighted by Gasteiger charge is 2.21. The summed E-state index contributed by atoms with van der Waals surface area (Å²) < 4.78 is 12.9. The zero-order valence-corrected chi connectivity index (χ0v) is 14.7. The van der Waals surface area contributed by atoms with E-state index in [2.05, 4.69) is 32.3 Å². The third-order valence-electron chi connectivity index (χ3n) is 4.66. The van der Waals surface area contributed by atoms with E-state index in [-0.39, 0.29) is 11.7 Å². The molecule has 27 heavy (non-hydrogen) atoms. The van der Waals surface area contributed by atoms with Gasteiger partial charge in [0.2, 0.25) is 0 Å². The number of carbonyl (C=O) groups excluding carboxylic acids is 1. The Morgan fingerprint density at radius 1 is 1.11 bits per heavy atom. The molecule has 1 aliphatic rings. The Hall–Kier alpha value is -3.28. The lowest BCUT2D eigenvalue weighted by molar-refractivity contribution is 0.0949. The number of nitrogens with zero attached hydrogens (tertiary/aromatic N) is 3. The summed E-state index contributed by atoms with van der Waals surface area (Å²) in [6, 6.07) is 16.2. The second-order valence-electron chi connectivity index (χ2n) is 6.42. The Labute approximate surface area is 156 Å². The highest BCUT2D eigenvalue weighted by molar-refractivity contribution is 5.93. The van der Waals surface area contributed by atoms with Gasteiger partial charge in [-0.15, -0.1) is 0 Å². The standard InChI is InChI=1S/C21H19FN4O/c22-17-7-5-15(6-8-17)9-11-23-21(27)18-13-20(25-14-24-18)26-12-10-16-3-1-2-4-19(16)26/h1-8,13-14H,9-12H2,(H,23,27). The molecule has 0 bridgehead atoms. The van der Waals surface area contributed by atoms with E-state index in [1.54, 1.807) is 18.2 Å². The van der Waals surface area contributed by atoms with E-state index in [0.717, 1.165) is 30.0 Å². The van der Waals surface area contributed by atoms with Gasteiger partial charge in [-0.3, -0.25) is 4.79 Å². The number of fused-ring (bicyclic) bond motifs is 1. The molecule has 1 aromatic heterocycles. The van der Waals surface area contributed by atoms with Gasteiger partial charge in [0.1, 0.15) is 23.7 Å². The minimum atomic E-state index is -0.264. The number of rotatable bonds is 5. The summed E-state index contributed by atoms with van der Waals surface area (Å²) in [7, 11) is 0. The minimum Gasteiger partial charge on any atom is -0.350 e. The lowest BCUT2D eigenvalue weighted by atomic mass is 10.1. The van der Waals surface area contributed by atoms with E-state index < -0.39 is 0 Å². The van der Waals surface area contributed by atoms with Gasteiger partial charge in [0.05, 0.1) is 0 Å². The van der Waals surface area contributed by atoms with Gasteiger partial charge in [0.25, 0.3) is 5.91 Å². The minimum absolute atomic E-state index is 0.242. The van der Waals surface area contributed by atoms with Crippen LogP contribution in [0.15, 0.2) is 60.9 Å². The van der Waals surface area contributed by atoms with Gasteiger partial charge < -0.3 is 10.2 Å². The van der Waals surface area contributed by atoms with E-state index >= 15 is 0 Å². The maximum atomic E-state index is 12.9. The molecule has 2 aromatic carbocycles. The van der Waals surface area contributed by atoms with Crippen LogP contribution < -0.4 is 10.2 Å². The van der Waals surface area contributed by atoms with Crippen molar-refractivity contribution >= 4 is 17.4 Å². The average Bonchev–Trinajstić information content (AvgIpc) is 3.14. The van der Waals surface area contributed by atoms with Crippen molar-refractivity contribution in [1.29, 1.82) is 0 Å². The number of carbonyl (C=O) groups is 1. The first-order chi connectivity index (χ1) is 13.2. The van der Waals surface area contributed by atoms with E-state index in [1.807, 2.05) is 12.1 Å². The largest absolute Gasteiger partial charge is 0.350 e. The first-order valence-corrected chi connectivity index (χ1v) is 8.91. The van der Waals surface area contributed by atoms with Crippen LogP contribution in [-0.2, 0) is 12.8 Å². The molecular formula is C21H19FN4O. The highest BCUT2D eigenvalue weighted by Crippen LogP contribution is 2.32. The summed E-state index contributed by atoms with van der Waals surface area (Å²) in [5, 5.41) is 2.86. The van der Waals surface area contributed by atoms with Crippen LogP contribution in [0.2, 0.25) is 0 Å². The fourth-order valence-electron chi connectivity index (χ4n) is 3.26. The second kappa shape index (κ2) is 7.53. The lowest BCUT2D eigenvalue weighted by Crippen LogP contribution is -2.27. The molecule has 4 rings (SSSR count). The van der Waals surface area contributed by atoms with Crippen LogP contribution in [0, 0.1) is 5.82 Å². The second-order valence-corrected chi connectivity index (χ2v) is 6.42. The molecule has 0 saturated carbocycles. The molecule has 0 aliphatic carbocycles. The van der Waals surface area contributed by atoms with Crippen molar-refractivity contribution < 1.29 is 9.18 Å². The van der Waals surface area contributed by atoms with Gasteiger partial charge in [0.15, 0.2) is 0 Å². The molecule has 0 fully saturated rings. The fourth-order valence-corrected chi connectivity index (χ4v) is 3.26. The van der Waals surface area contributed by atoms with Crippen molar-refractivity contribution in [2.75, 3.05) is 18.0 Å². The number of amides is 1. The molecule has 136 valence electrons. The van der Waals surface area contributed by atoms with E-state index in [1.165, 1.54) is 24.0 Å². The quantitative estimate of drug-likeness (QED) is 0.757. The van der Waals surface area contributed by atoms with Gasteiger partial charge >= 0.3 is 0 Å². The van der Waals surface area contributed by atoms with Crippen LogP contribution >= 0.6 is 0 Å². The fraction of sp³-hybridized carbons (Fsp3) is 0.190. The van der Waals surface area contributed by atoms with Gasteiger partial charge in [-0.1, -0.05) is 30.3 Å². The summed E-state index contributed by atoms with van der Waals surface area (Å²) in [4.78, 5) is 23.0. The van der Waals surface area contributed by atoms with Crippen LogP contribution in [0.1, 0.15) is 21.6 Å². The Morgan fingerprint density at radius 2 is 1.93 bits per heavy atom. The summed E-state index contributed by atoms with van der Waals surface area (Å²) in [5.74, 6) is 0.215. The normalized spacial score (nSPS) is 12.7. The maximum absolute atomic E-state index is 12.9. The molecular weight excluding hydrogens is 343 g/mol. The summed E-state index contributed by atoms with van der Waals surface area (Å²) >= 11 is 0. The van der Waals surface area contributed by atoms with E-state index in [0.29, 0.717) is 18.7 Å². The molecule has 0 atom stereocenters. The van der Waals surface area contributed by atoms with Crippen molar-refractivity contribution in [1.82, 2.24) is 15.3 Å². The SMILES string of the molecule is O=C(NCCc1ccc(F)cc1)c1cc(N2CCc3ccccc32)ncn1. The van der Waals surface area contributed by atoms with Crippen molar-refractivity contribution in [2.24, 2.45) is 0 Å². The number of benzene rings is 2. The zero-order chi connectivity index (χ0) is 18.6. The average molecular weight is 362 g/mol. The Balaban J connectivity index is 1.41. The van der Waals surface area contributed by atoms with Crippen molar-refractivity contribution in [3.05, 3.63) is 83.6 Å². The third-order valence-corrected chi connectivity index (χ3v) is 4.66. The van der Waals surface area contributed by atoms with Crippen LogP contribution in [0.5, 0.6) is 0 Å². The number of halogens is 1. The number of anilines is 2. The van der Waals surface area contributed by atoms with Crippen molar-refractivity contribution in [3.63, 3.8) is 0 Å². The monoisotopic (exact) mass is 362 g/mol. The molecule has 0 radical (unpaired) electrons. The molecule has 1 aliphatic heterocycles. The Bertz CT molecular complexity index is 958. The Morgan fingerprint density at radius 3 is 2.78 bits per heavy atom. The summed E-state index contributed by atoms with van der Waals surface area (Å²) in [6.07, 6.45) is 3.01. The van der Waals surface area contributed by atoms with Gasteiger partial charge in [-0.25, -0.2) is 14.4 Å². The van der Waals surface area contributed by atoms with E-state index in [9.17, 15) is 9.18 Å². The molecule has 2 heterocycles. The van der Waals surface area contributed by atoms with Gasteiger partial charge in [-0.05, 0) is 42.2 Å². The molecule has 6 heteroatoms. The zero-order valence-electron chi connectivity index (χ0n) is 14.7. The lowest BCUT2D eigenvalue weighted by Gasteiger charge is -2.18. The predicted molar refractivity (Wildman–Crippen MR) is 102 cm³/mol. The van der Waals surface area contributed by atoms with E-state index in [4.69, 9.17) is 0 Å². The third kappa shape index (κ3) is 3.79. The molecule has 1 N–H and O–H groups in total. The molecule has 0 saturated heterocycles. The first kappa shape index (κ1) is 17.1. The van der Waals surface area contributed by atoms with Crippen LogP contribution in [0.3, 0.4) is 0 Å². The summed E-state index contributed by atoms with van der Waals surface area (Å²) in [5.41, 5.74) is 3.71. The van der Waals surface area contributed by atoms with Crippen molar-refractivity contribution in [3.8, 4) is 0 Å². The molecule has 0 unspecified atom stereocenters. The number of hydrogen-bond donors (Lipinski definition) is 1. The number of hydrogen-bond acceptors (Lipinski definition) is 4. The van der Waals surface area contributed by atoms with Gasteiger partial charge in [0, 0.05) is 24.8 Å². The highest BCUT2D eigenvalue weighted by atomic mass is 19.1. The first-order valence-electron chi connectivity index (χ1n) is 8.91. The topological polar surface area (TPSA) is 58.1 Å². The number of aromatic nitrogens is 2. The van der Waals surface area contributed by atoms with Crippen LogP contribution in [0.25, 0.3) is 0 Å². The molecule has 0 spiro atoms. The smallest absolute Gasteiger partial charge is 0.270 e. The molecule has 5 nitrogen and oxygen atoms in total. The molecule has 3 aromatic rings. The Kier molecular flexibility index (Phi) is 4.78. The van der Waals surface area contributed by atoms with Crippen LogP contribution in [-0.4, -0.2) is 29.0 Å². The predicted octanol–water partition coefficient (Wildman–Crippen LogP) is 3.28. The van der Waals surface area contributed by atoms with Gasteiger partial charge in [-0.2, -0.15) is 0 Å². The van der Waals surface area contributed by atoms with Crippen LogP contribution in [0.4, 0.5) is 15.9 Å². The summed E-state index contributed by atoms with van der Waals surface area (Å²) in [6.45, 7) is 1.29. The van der Waals surface area contributed by atoms with Crippen molar-refractivity contribution in [2.45, 2.75) is 12.8 Å². The number of nitrogens with one attached hydrogen (secondary N) is 1. The molecule has 1 amide bonds.